The fraction of sp³-hybridized carbons (Fsp3) is 0. The zero-order valence-corrected chi connectivity index (χ0v) is 11.6. The quantitative estimate of drug-likeness (QED) is 0.615. The second kappa shape index (κ2) is 4.96. The lowest BCUT2D eigenvalue weighted by atomic mass is 10.1. The maximum atomic E-state index is 9.33. The van der Waals surface area contributed by atoms with Crippen LogP contribution in [0.1, 0.15) is 0 Å². The standard InChI is InChI=1S/C17H12N4O/c22-15-7-5-14(6-8-15)21-11-17(19-20-21)16-9-12-3-1-2-4-13(12)10-18-16/h1-11,22H. The highest BCUT2D eigenvalue weighted by Crippen LogP contribution is 2.21. The van der Waals surface area contributed by atoms with Crippen molar-refractivity contribution >= 4 is 10.8 Å². The lowest BCUT2D eigenvalue weighted by Crippen LogP contribution is -1.93. The second-order valence-corrected chi connectivity index (χ2v) is 4.98. The molecule has 4 aromatic rings. The molecule has 2 aromatic carbocycles. The van der Waals surface area contributed by atoms with Gasteiger partial charge in [-0.2, -0.15) is 0 Å². The van der Waals surface area contributed by atoms with Gasteiger partial charge in [-0.05, 0) is 35.7 Å². The molecule has 0 unspecified atom stereocenters. The summed E-state index contributed by atoms with van der Waals surface area (Å²) < 4.78 is 1.66. The van der Waals surface area contributed by atoms with Crippen molar-refractivity contribution in [1.82, 2.24) is 20.0 Å². The smallest absolute Gasteiger partial charge is 0.131 e. The summed E-state index contributed by atoms with van der Waals surface area (Å²) in [6, 6.07) is 16.9. The molecular weight excluding hydrogens is 276 g/mol. The molecule has 4 rings (SSSR count). The zero-order valence-electron chi connectivity index (χ0n) is 11.6. The SMILES string of the molecule is Oc1ccc(-n2cc(-c3cc4ccccc4cn3)nn2)cc1. The van der Waals surface area contributed by atoms with E-state index in [4.69, 9.17) is 0 Å². The van der Waals surface area contributed by atoms with Crippen LogP contribution in [0.4, 0.5) is 0 Å². The van der Waals surface area contributed by atoms with E-state index in [2.05, 4.69) is 15.3 Å². The van der Waals surface area contributed by atoms with Crippen molar-refractivity contribution in [3.63, 3.8) is 0 Å². The Hall–Kier alpha value is -3.21. The summed E-state index contributed by atoms with van der Waals surface area (Å²) in [4.78, 5) is 4.44. The van der Waals surface area contributed by atoms with Crippen LogP contribution in [0, 0.1) is 0 Å². The van der Waals surface area contributed by atoms with E-state index < -0.39 is 0 Å². The molecule has 1 N–H and O–H groups in total. The summed E-state index contributed by atoms with van der Waals surface area (Å²) in [5, 5.41) is 19.8. The molecule has 0 amide bonds. The molecule has 0 atom stereocenters. The van der Waals surface area contributed by atoms with Crippen LogP contribution >= 0.6 is 0 Å². The first-order valence-electron chi connectivity index (χ1n) is 6.86. The van der Waals surface area contributed by atoms with Gasteiger partial charge in [-0.25, -0.2) is 4.68 Å². The Balaban J connectivity index is 1.74. The van der Waals surface area contributed by atoms with E-state index in [0.29, 0.717) is 5.69 Å². The lowest BCUT2D eigenvalue weighted by molar-refractivity contribution is 0.475. The number of hydrogen-bond donors (Lipinski definition) is 1. The number of fused-ring (bicyclic) bond motifs is 1. The summed E-state index contributed by atoms with van der Waals surface area (Å²) in [5.74, 6) is 0.222. The van der Waals surface area contributed by atoms with Crippen molar-refractivity contribution < 1.29 is 5.11 Å². The van der Waals surface area contributed by atoms with Crippen LogP contribution in [-0.2, 0) is 0 Å². The Morgan fingerprint density at radius 3 is 2.45 bits per heavy atom. The van der Waals surface area contributed by atoms with Crippen LogP contribution < -0.4 is 0 Å². The molecule has 0 spiro atoms. The van der Waals surface area contributed by atoms with Crippen LogP contribution in [0.25, 0.3) is 27.8 Å². The van der Waals surface area contributed by atoms with E-state index in [1.165, 1.54) is 0 Å². The van der Waals surface area contributed by atoms with Gasteiger partial charge in [0.05, 0.1) is 17.6 Å². The summed E-state index contributed by atoms with van der Waals surface area (Å²) in [5.41, 5.74) is 2.32. The Kier molecular flexibility index (Phi) is 2.83. The molecule has 0 aliphatic carbocycles. The number of nitrogens with zero attached hydrogens (tertiary/aromatic N) is 4. The molecule has 22 heavy (non-hydrogen) atoms. The van der Waals surface area contributed by atoms with Gasteiger partial charge in [-0.1, -0.05) is 29.5 Å². The van der Waals surface area contributed by atoms with E-state index in [-0.39, 0.29) is 5.75 Å². The third-order valence-electron chi connectivity index (χ3n) is 3.50. The Morgan fingerprint density at radius 1 is 0.864 bits per heavy atom. The molecule has 5 heteroatoms. The largest absolute Gasteiger partial charge is 0.508 e. The molecule has 0 aliphatic heterocycles. The van der Waals surface area contributed by atoms with Gasteiger partial charge in [0.1, 0.15) is 11.4 Å². The molecule has 0 saturated heterocycles. The monoisotopic (exact) mass is 288 g/mol. The molecule has 0 radical (unpaired) electrons. The van der Waals surface area contributed by atoms with Gasteiger partial charge in [-0.3, -0.25) is 4.98 Å². The van der Waals surface area contributed by atoms with Crippen LogP contribution in [0.5, 0.6) is 5.75 Å². The number of aromatic nitrogens is 4. The summed E-state index contributed by atoms with van der Waals surface area (Å²) in [6.07, 6.45) is 3.66. The van der Waals surface area contributed by atoms with Gasteiger partial charge in [0.15, 0.2) is 0 Å². The highest BCUT2D eigenvalue weighted by Gasteiger charge is 2.07. The topological polar surface area (TPSA) is 63.8 Å². The van der Waals surface area contributed by atoms with Crippen LogP contribution in [-0.4, -0.2) is 25.1 Å². The molecule has 2 heterocycles. The van der Waals surface area contributed by atoms with Crippen LogP contribution in [0.3, 0.4) is 0 Å². The van der Waals surface area contributed by atoms with Crippen molar-refractivity contribution in [2.45, 2.75) is 0 Å². The fourth-order valence-corrected chi connectivity index (χ4v) is 2.34. The Bertz CT molecular complexity index is 944. The average Bonchev–Trinajstić information content (AvgIpc) is 3.05. The Morgan fingerprint density at radius 2 is 1.64 bits per heavy atom. The van der Waals surface area contributed by atoms with Crippen molar-refractivity contribution in [3.05, 3.63) is 67.0 Å². The highest BCUT2D eigenvalue weighted by atomic mass is 16.3. The normalized spacial score (nSPS) is 10.9. The maximum Gasteiger partial charge on any atom is 0.131 e. The third-order valence-corrected chi connectivity index (χ3v) is 3.50. The number of pyridine rings is 1. The number of rotatable bonds is 2. The molecule has 2 aromatic heterocycles. The van der Waals surface area contributed by atoms with Crippen molar-refractivity contribution in [1.29, 1.82) is 0 Å². The first-order valence-corrected chi connectivity index (χ1v) is 6.86. The van der Waals surface area contributed by atoms with E-state index in [0.717, 1.165) is 22.2 Å². The maximum absolute atomic E-state index is 9.33. The predicted octanol–water partition coefficient (Wildman–Crippen LogP) is 3.19. The number of phenolic OH excluding ortho intramolecular Hbond substituents is 1. The predicted molar refractivity (Wildman–Crippen MR) is 83.8 cm³/mol. The van der Waals surface area contributed by atoms with Crippen molar-refractivity contribution in [2.24, 2.45) is 0 Å². The van der Waals surface area contributed by atoms with Gasteiger partial charge in [0, 0.05) is 11.6 Å². The van der Waals surface area contributed by atoms with Gasteiger partial charge in [-0.15, -0.1) is 5.10 Å². The van der Waals surface area contributed by atoms with Gasteiger partial charge < -0.3 is 5.11 Å². The van der Waals surface area contributed by atoms with Crippen molar-refractivity contribution in [3.8, 4) is 22.8 Å². The minimum atomic E-state index is 0.222. The zero-order chi connectivity index (χ0) is 14.9. The van der Waals surface area contributed by atoms with Gasteiger partial charge in [0.25, 0.3) is 0 Å². The van der Waals surface area contributed by atoms with Crippen molar-refractivity contribution in [2.75, 3.05) is 0 Å². The molecule has 0 fully saturated rings. The minimum absolute atomic E-state index is 0.222. The molecule has 5 nitrogen and oxygen atoms in total. The van der Waals surface area contributed by atoms with Gasteiger partial charge in [0.2, 0.25) is 0 Å². The van der Waals surface area contributed by atoms with E-state index in [9.17, 15) is 5.11 Å². The summed E-state index contributed by atoms with van der Waals surface area (Å²) >= 11 is 0. The number of phenols is 1. The first kappa shape index (κ1) is 12.5. The highest BCUT2D eigenvalue weighted by molar-refractivity contribution is 5.84. The second-order valence-electron chi connectivity index (χ2n) is 4.98. The summed E-state index contributed by atoms with van der Waals surface area (Å²) in [7, 11) is 0. The third kappa shape index (κ3) is 2.18. The minimum Gasteiger partial charge on any atom is -0.508 e. The molecule has 0 aliphatic rings. The Labute approximate surface area is 126 Å². The van der Waals surface area contributed by atoms with Crippen LogP contribution in [0.2, 0.25) is 0 Å². The summed E-state index contributed by atoms with van der Waals surface area (Å²) in [6.45, 7) is 0. The molecule has 0 saturated carbocycles. The van der Waals surface area contributed by atoms with Gasteiger partial charge >= 0.3 is 0 Å². The van der Waals surface area contributed by atoms with E-state index in [1.807, 2.05) is 42.7 Å². The molecule has 106 valence electrons. The molecule has 0 bridgehead atoms. The lowest BCUT2D eigenvalue weighted by Gasteiger charge is -2.00. The van der Waals surface area contributed by atoms with Crippen LogP contribution in [0.15, 0.2) is 67.0 Å². The van der Waals surface area contributed by atoms with E-state index in [1.54, 1.807) is 28.9 Å². The number of hydrogen-bond acceptors (Lipinski definition) is 4. The van der Waals surface area contributed by atoms with E-state index >= 15 is 0 Å². The first-order chi connectivity index (χ1) is 10.8. The number of aromatic hydroxyl groups is 1. The molecular formula is C17H12N4O. The average molecular weight is 288 g/mol. The fourth-order valence-electron chi connectivity index (χ4n) is 2.34. The number of benzene rings is 2.